The molecular weight excluding hydrogens is 204 g/mol. The number of thiophene rings is 1. The average Bonchev–Trinajstić information content (AvgIpc) is 2.75. The molecule has 1 fully saturated rings. The maximum Gasteiger partial charge on any atom is 0.0960 e. The Hall–Kier alpha value is -0.830. The van der Waals surface area contributed by atoms with Gasteiger partial charge in [0.05, 0.1) is 5.84 Å². The lowest BCUT2D eigenvalue weighted by molar-refractivity contribution is 0.352. The van der Waals surface area contributed by atoms with Crippen LogP contribution in [0.5, 0.6) is 0 Å². The maximum absolute atomic E-state index is 7.84. The molecule has 0 bridgehead atoms. The molecule has 1 N–H and O–H groups in total. The highest BCUT2D eigenvalue weighted by molar-refractivity contribution is 7.11. The van der Waals surface area contributed by atoms with Gasteiger partial charge in [-0.1, -0.05) is 0 Å². The predicted molar refractivity (Wildman–Crippen MR) is 65.9 cm³/mol. The van der Waals surface area contributed by atoms with Crippen LogP contribution in [0.25, 0.3) is 0 Å². The largest absolute Gasteiger partial charge is 0.357 e. The number of nitrogens with zero attached hydrogens (tertiary/aromatic N) is 1. The molecule has 0 amide bonds. The Kier molecular flexibility index (Phi) is 3.10. The number of rotatable bonds is 3. The van der Waals surface area contributed by atoms with E-state index in [1.807, 2.05) is 11.3 Å². The number of hydrogen-bond donors (Lipinski definition) is 1. The van der Waals surface area contributed by atoms with Crippen LogP contribution in [0.1, 0.15) is 29.5 Å². The second-order valence-electron chi connectivity index (χ2n) is 4.31. The third-order valence-corrected chi connectivity index (χ3v) is 4.01. The Balaban J connectivity index is 1.97. The highest BCUT2D eigenvalue weighted by atomic mass is 32.1. The molecular formula is C12H18N2S. The number of likely N-dealkylation sites (tertiary alicyclic amines) is 1. The summed E-state index contributed by atoms with van der Waals surface area (Å²) in [5, 5.41) is 7.84. The molecule has 0 saturated carbocycles. The van der Waals surface area contributed by atoms with Crippen LogP contribution in [-0.2, 0) is 6.42 Å². The van der Waals surface area contributed by atoms with Gasteiger partial charge in [-0.15, -0.1) is 11.3 Å². The Morgan fingerprint density at radius 3 is 2.87 bits per heavy atom. The molecule has 1 aliphatic rings. The smallest absolute Gasteiger partial charge is 0.0960 e. The molecule has 82 valence electrons. The van der Waals surface area contributed by atoms with Crippen LogP contribution in [0.15, 0.2) is 12.1 Å². The van der Waals surface area contributed by atoms with Crippen molar-refractivity contribution in [2.75, 3.05) is 6.54 Å². The molecule has 2 rings (SSSR count). The van der Waals surface area contributed by atoms with Gasteiger partial charge in [0.15, 0.2) is 0 Å². The summed E-state index contributed by atoms with van der Waals surface area (Å²) in [4.78, 5) is 5.07. The number of amidine groups is 1. The van der Waals surface area contributed by atoms with E-state index in [9.17, 15) is 0 Å². The van der Waals surface area contributed by atoms with Crippen LogP contribution >= 0.6 is 11.3 Å². The lowest BCUT2D eigenvalue weighted by atomic mass is 10.2. The van der Waals surface area contributed by atoms with E-state index in [2.05, 4.69) is 30.9 Å². The molecule has 3 heteroatoms. The van der Waals surface area contributed by atoms with Crippen LogP contribution in [-0.4, -0.2) is 23.3 Å². The summed E-state index contributed by atoms with van der Waals surface area (Å²) in [7, 11) is 0. The zero-order valence-electron chi connectivity index (χ0n) is 9.42. The lowest BCUT2D eigenvalue weighted by Gasteiger charge is -2.25. The molecule has 0 aromatic carbocycles. The molecule has 1 atom stereocenters. The van der Waals surface area contributed by atoms with Gasteiger partial charge in [0.25, 0.3) is 0 Å². The number of aryl methyl sites for hydroxylation is 1. The van der Waals surface area contributed by atoms with Crippen molar-refractivity contribution < 1.29 is 0 Å². The molecule has 1 aromatic rings. The second kappa shape index (κ2) is 4.35. The molecule has 15 heavy (non-hydrogen) atoms. The van der Waals surface area contributed by atoms with E-state index in [1.54, 1.807) is 0 Å². The van der Waals surface area contributed by atoms with Crippen LogP contribution in [0.2, 0.25) is 0 Å². The molecule has 2 nitrogen and oxygen atoms in total. The SMILES string of the molecule is Cc1ccc(CC(C)N2CCCC2=N)s1. The van der Waals surface area contributed by atoms with Crippen molar-refractivity contribution in [3.8, 4) is 0 Å². The van der Waals surface area contributed by atoms with Gasteiger partial charge in [-0.2, -0.15) is 0 Å². The van der Waals surface area contributed by atoms with E-state index < -0.39 is 0 Å². The Labute approximate surface area is 95.4 Å². The van der Waals surface area contributed by atoms with Crippen LogP contribution in [0.3, 0.4) is 0 Å². The van der Waals surface area contributed by atoms with E-state index in [4.69, 9.17) is 5.41 Å². The lowest BCUT2D eigenvalue weighted by Crippen LogP contribution is -2.34. The standard InChI is InChI=1S/C12H18N2S/c1-9(14-7-3-4-12(14)13)8-11-6-5-10(2)15-11/h5-6,9,13H,3-4,7-8H2,1-2H3. The summed E-state index contributed by atoms with van der Waals surface area (Å²) in [5.74, 6) is 0.829. The summed E-state index contributed by atoms with van der Waals surface area (Å²) >= 11 is 1.88. The molecule has 0 radical (unpaired) electrons. The quantitative estimate of drug-likeness (QED) is 0.836. The molecule has 1 saturated heterocycles. The van der Waals surface area contributed by atoms with Crippen molar-refractivity contribution in [1.82, 2.24) is 4.90 Å². The second-order valence-corrected chi connectivity index (χ2v) is 5.68. The van der Waals surface area contributed by atoms with Crippen molar-refractivity contribution >= 4 is 17.2 Å². The van der Waals surface area contributed by atoms with Crippen molar-refractivity contribution in [1.29, 1.82) is 5.41 Å². The van der Waals surface area contributed by atoms with Gasteiger partial charge in [-0.3, -0.25) is 5.41 Å². The zero-order valence-corrected chi connectivity index (χ0v) is 10.2. The van der Waals surface area contributed by atoms with E-state index >= 15 is 0 Å². The first kappa shape index (κ1) is 10.7. The molecule has 2 heterocycles. The Bertz CT molecular complexity index is 356. The summed E-state index contributed by atoms with van der Waals surface area (Å²) in [6.07, 6.45) is 3.21. The van der Waals surface area contributed by atoms with Gasteiger partial charge in [0.2, 0.25) is 0 Å². The minimum Gasteiger partial charge on any atom is -0.357 e. The minimum atomic E-state index is 0.484. The van der Waals surface area contributed by atoms with Gasteiger partial charge in [0.1, 0.15) is 0 Å². The minimum absolute atomic E-state index is 0.484. The Morgan fingerprint density at radius 2 is 2.33 bits per heavy atom. The predicted octanol–water partition coefficient (Wildman–Crippen LogP) is 3.06. The maximum atomic E-state index is 7.84. The number of hydrogen-bond acceptors (Lipinski definition) is 2. The molecule has 1 aromatic heterocycles. The van der Waals surface area contributed by atoms with Gasteiger partial charge >= 0.3 is 0 Å². The summed E-state index contributed by atoms with van der Waals surface area (Å²) in [5.41, 5.74) is 0. The van der Waals surface area contributed by atoms with Crippen LogP contribution < -0.4 is 0 Å². The first-order valence-electron chi connectivity index (χ1n) is 5.56. The first-order valence-corrected chi connectivity index (χ1v) is 6.38. The monoisotopic (exact) mass is 222 g/mol. The van der Waals surface area contributed by atoms with Gasteiger partial charge < -0.3 is 4.90 Å². The van der Waals surface area contributed by atoms with E-state index in [1.165, 1.54) is 9.75 Å². The summed E-state index contributed by atoms with van der Waals surface area (Å²) in [6, 6.07) is 4.89. The fraction of sp³-hybridized carbons (Fsp3) is 0.583. The van der Waals surface area contributed by atoms with E-state index in [0.29, 0.717) is 6.04 Å². The highest BCUT2D eigenvalue weighted by Crippen LogP contribution is 2.21. The van der Waals surface area contributed by atoms with E-state index in [0.717, 1.165) is 31.6 Å². The van der Waals surface area contributed by atoms with Gasteiger partial charge in [-0.05, 0) is 32.4 Å². The van der Waals surface area contributed by atoms with Gasteiger partial charge in [0, 0.05) is 35.2 Å². The molecule has 1 unspecified atom stereocenters. The van der Waals surface area contributed by atoms with Crippen molar-refractivity contribution in [2.24, 2.45) is 0 Å². The van der Waals surface area contributed by atoms with Crippen molar-refractivity contribution in [3.63, 3.8) is 0 Å². The normalized spacial score (nSPS) is 18.5. The zero-order chi connectivity index (χ0) is 10.8. The molecule has 0 spiro atoms. The fourth-order valence-corrected chi connectivity index (χ4v) is 3.19. The third kappa shape index (κ3) is 2.40. The molecule has 0 aliphatic carbocycles. The fourth-order valence-electron chi connectivity index (χ4n) is 2.18. The van der Waals surface area contributed by atoms with Gasteiger partial charge in [-0.25, -0.2) is 0 Å². The summed E-state index contributed by atoms with van der Waals surface area (Å²) < 4.78 is 0. The van der Waals surface area contributed by atoms with E-state index in [-0.39, 0.29) is 0 Å². The Morgan fingerprint density at radius 1 is 1.53 bits per heavy atom. The first-order chi connectivity index (χ1) is 7.16. The summed E-state index contributed by atoms with van der Waals surface area (Å²) in [6.45, 7) is 5.45. The topological polar surface area (TPSA) is 27.1 Å². The highest BCUT2D eigenvalue weighted by Gasteiger charge is 2.22. The van der Waals surface area contributed by atoms with Crippen LogP contribution in [0.4, 0.5) is 0 Å². The average molecular weight is 222 g/mol. The molecule has 1 aliphatic heterocycles. The van der Waals surface area contributed by atoms with Crippen molar-refractivity contribution in [3.05, 3.63) is 21.9 Å². The number of nitrogens with one attached hydrogen (secondary N) is 1. The van der Waals surface area contributed by atoms with Crippen molar-refractivity contribution in [2.45, 2.75) is 39.2 Å². The van der Waals surface area contributed by atoms with Crippen LogP contribution in [0, 0.1) is 12.3 Å². The third-order valence-electron chi connectivity index (χ3n) is 2.98.